The maximum absolute atomic E-state index is 15.0. The lowest BCUT2D eigenvalue weighted by Crippen LogP contribution is -2.43. The fourth-order valence-electron chi connectivity index (χ4n) is 5.67. The van der Waals surface area contributed by atoms with Gasteiger partial charge >= 0.3 is 6.18 Å². The Morgan fingerprint density at radius 2 is 1.66 bits per heavy atom. The number of allylic oxidation sites excluding steroid dienone is 8. The summed E-state index contributed by atoms with van der Waals surface area (Å²) in [5, 5.41) is 28.9. The lowest BCUT2D eigenvalue weighted by Gasteiger charge is -2.33. The van der Waals surface area contributed by atoms with Crippen molar-refractivity contribution in [2.45, 2.75) is 45.4 Å². The van der Waals surface area contributed by atoms with E-state index in [1.807, 2.05) is 6.08 Å². The summed E-state index contributed by atoms with van der Waals surface area (Å²) < 4.78 is 53.0. The second kappa shape index (κ2) is 11.8. The number of alkyl halides is 3. The zero-order valence-corrected chi connectivity index (χ0v) is 25.8. The van der Waals surface area contributed by atoms with Crippen molar-refractivity contribution >= 4 is 38.1 Å². The highest BCUT2D eigenvalue weighted by atomic mass is 32.1. The van der Waals surface area contributed by atoms with Crippen LogP contribution in [0.1, 0.15) is 42.0 Å². The lowest BCUT2D eigenvalue weighted by atomic mass is 9.75. The van der Waals surface area contributed by atoms with Gasteiger partial charge in [0.05, 0.1) is 0 Å². The molecule has 0 radical (unpaired) electrons. The lowest BCUT2D eigenvalue weighted by molar-refractivity contribution is -0.249. The molecule has 0 fully saturated rings. The van der Waals surface area contributed by atoms with Crippen LogP contribution in [-0.4, -0.2) is 6.18 Å². The first-order valence-electron chi connectivity index (χ1n) is 13.7. The minimum Gasteiger partial charge on any atom is -0.465 e. The van der Waals surface area contributed by atoms with E-state index in [1.54, 1.807) is 53.0 Å². The minimum absolute atomic E-state index is 0.0846. The average molecular weight is 626 g/mol. The first kappa shape index (κ1) is 30.8. The number of nitrogens with zero attached hydrogens (tertiary/aromatic N) is 3. The molecule has 0 N–H and O–H groups in total. The van der Waals surface area contributed by atoms with Crippen molar-refractivity contribution in [2.24, 2.45) is 5.41 Å². The van der Waals surface area contributed by atoms with E-state index in [2.05, 4.69) is 45.1 Å². The summed E-state index contributed by atoms with van der Waals surface area (Å²) in [5.74, 6) is -0.680. The van der Waals surface area contributed by atoms with Crippen LogP contribution in [0.15, 0.2) is 106 Å². The Morgan fingerprint density at radius 1 is 0.955 bits per heavy atom. The molecule has 2 aliphatic rings. The molecule has 1 atom stereocenters. The average Bonchev–Trinajstić information content (AvgIpc) is 3.61. The van der Waals surface area contributed by atoms with Crippen LogP contribution < -0.4 is 0 Å². The van der Waals surface area contributed by atoms with Crippen LogP contribution in [0.4, 0.5) is 13.2 Å². The molecule has 1 aliphatic heterocycles. The highest BCUT2D eigenvalue weighted by Gasteiger charge is 2.65. The van der Waals surface area contributed by atoms with Crippen molar-refractivity contribution in [3.05, 3.63) is 122 Å². The summed E-state index contributed by atoms with van der Waals surface area (Å²) in [4.78, 5) is 2.43. The number of nitriles is 3. The van der Waals surface area contributed by atoms with E-state index >= 15 is 13.2 Å². The van der Waals surface area contributed by atoms with E-state index < -0.39 is 34.3 Å². The van der Waals surface area contributed by atoms with Crippen molar-refractivity contribution in [1.82, 2.24) is 0 Å². The normalized spacial score (nSPS) is 21.0. The van der Waals surface area contributed by atoms with Gasteiger partial charge in [-0.05, 0) is 54.5 Å². The van der Waals surface area contributed by atoms with Crippen LogP contribution in [0, 0.1) is 46.3 Å². The molecule has 3 heterocycles. The Kier molecular flexibility index (Phi) is 8.28. The topological polar surface area (TPSA) is 80.6 Å². The van der Waals surface area contributed by atoms with Crippen molar-refractivity contribution in [1.29, 1.82) is 15.8 Å². The largest absolute Gasteiger partial charge is 0.465 e. The quantitative estimate of drug-likeness (QED) is 0.264. The molecule has 0 saturated heterocycles. The Morgan fingerprint density at radius 3 is 2.30 bits per heavy atom. The standard InChI is InChI=1S/C35H26F3N3OS2/c1-22-14-30-31(43-22)16-27(44-30)13-12-24-15-23(17-33(2,3)18-24)8-7-11-29-28(21-41)32(25(19-39)20-40)42-34(29,35(36,37)38)26-9-5-4-6-10-26/h4-16H,17-18H2,1-3H3/b11-7+,13-12+,23-8-. The SMILES string of the molecule is Cc1cc2sc(/C=C/C3=CC(=C/C=C/C4=C(C#N)C(=C(C#N)C#N)OC4(c4ccccc4)C(F)(F)F)/CC(C)(C)C3)cc2s1. The summed E-state index contributed by atoms with van der Waals surface area (Å²) >= 11 is 3.50. The molecule has 4 nitrogen and oxygen atoms in total. The van der Waals surface area contributed by atoms with Crippen LogP contribution in [0.3, 0.4) is 0 Å². The second-order valence-electron chi connectivity index (χ2n) is 11.4. The van der Waals surface area contributed by atoms with Gasteiger partial charge in [-0.2, -0.15) is 29.0 Å². The molecule has 0 spiro atoms. The smallest absolute Gasteiger partial charge is 0.437 e. The van der Waals surface area contributed by atoms with Crippen LogP contribution >= 0.6 is 22.7 Å². The van der Waals surface area contributed by atoms with E-state index in [-0.39, 0.29) is 11.0 Å². The maximum Gasteiger partial charge on any atom is 0.437 e. The van der Waals surface area contributed by atoms with E-state index in [1.165, 1.54) is 50.7 Å². The summed E-state index contributed by atoms with van der Waals surface area (Å²) in [6, 6.07) is 16.2. The molecule has 9 heteroatoms. The van der Waals surface area contributed by atoms with Crippen LogP contribution in [0.25, 0.3) is 15.5 Å². The summed E-state index contributed by atoms with van der Waals surface area (Å²) in [6.45, 7) is 6.38. The van der Waals surface area contributed by atoms with Gasteiger partial charge in [0.2, 0.25) is 0 Å². The molecule has 0 amide bonds. The summed E-state index contributed by atoms with van der Waals surface area (Å²) in [6.07, 6.45) is 7.16. The molecule has 3 aromatic rings. The highest BCUT2D eigenvalue weighted by molar-refractivity contribution is 7.28. The Bertz CT molecular complexity index is 1900. The molecule has 0 saturated carbocycles. The van der Waals surface area contributed by atoms with E-state index in [0.29, 0.717) is 6.42 Å². The Hall–Kier alpha value is -4.62. The third kappa shape index (κ3) is 5.80. The van der Waals surface area contributed by atoms with Crippen LogP contribution in [0.5, 0.6) is 0 Å². The van der Waals surface area contributed by atoms with Crippen molar-refractivity contribution < 1.29 is 17.9 Å². The molecule has 1 aromatic carbocycles. The van der Waals surface area contributed by atoms with Crippen LogP contribution in [0.2, 0.25) is 0 Å². The van der Waals surface area contributed by atoms with Crippen LogP contribution in [-0.2, 0) is 10.3 Å². The third-order valence-corrected chi connectivity index (χ3v) is 9.57. The molecule has 1 unspecified atom stereocenters. The molecule has 44 heavy (non-hydrogen) atoms. The number of halogens is 3. The van der Waals surface area contributed by atoms with Gasteiger partial charge in [-0.1, -0.05) is 74.6 Å². The molecule has 0 bridgehead atoms. The minimum atomic E-state index is -5.03. The van der Waals surface area contributed by atoms with Crippen molar-refractivity contribution in [3.8, 4) is 18.2 Å². The molecular weight excluding hydrogens is 600 g/mol. The van der Waals surface area contributed by atoms with Crippen molar-refractivity contribution in [3.63, 3.8) is 0 Å². The van der Waals surface area contributed by atoms with Gasteiger partial charge in [-0.3, -0.25) is 0 Å². The number of rotatable bonds is 5. The first-order chi connectivity index (χ1) is 20.9. The van der Waals surface area contributed by atoms with E-state index in [4.69, 9.17) is 4.74 Å². The monoisotopic (exact) mass is 625 g/mol. The number of benzene rings is 1. The number of aryl methyl sites for hydroxylation is 1. The summed E-state index contributed by atoms with van der Waals surface area (Å²) in [7, 11) is 0. The number of thiophene rings is 2. The van der Waals surface area contributed by atoms with Gasteiger partial charge in [-0.15, -0.1) is 22.7 Å². The maximum atomic E-state index is 15.0. The number of hydrogen-bond donors (Lipinski definition) is 0. The summed E-state index contributed by atoms with van der Waals surface area (Å²) in [5.41, 5.74) is -3.12. The molecule has 220 valence electrons. The Balaban J connectivity index is 1.56. The first-order valence-corrected chi connectivity index (χ1v) is 15.3. The van der Waals surface area contributed by atoms with Crippen molar-refractivity contribution in [2.75, 3.05) is 0 Å². The van der Waals surface area contributed by atoms with Gasteiger partial charge in [0.1, 0.15) is 23.8 Å². The third-order valence-electron chi connectivity index (χ3n) is 7.39. The van der Waals surface area contributed by atoms with E-state index in [9.17, 15) is 15.8 Å². The second-order valence-corrected chi connectivity index (χ2v) is 13.8. The predicted octanol–water partition coefficient (Wildman–Crippen LogP) is 10.1. The van der Waals surface area contributed by atoms with Gasteiger partial charge in [0.15, 0.2) is 11.3 Å². The molecule has 1 aliphatic carbocycles. The molecule has 2 aromatic heterocycles. The number of ether oxygens (including phenoxy) is 1. The number of hydrogen-bond acceptors (Lipinski definition) is 6. The fourth-order valence-corrected chi connectivity index (χ4v) is 7.90. The molecular formula is C35H26F3N3OS2. The van der Waals surface area contributed by atoms with Gasteiger partial charge in [0.25, 0.3) is 5.60 Å². The van der Waals surface area contributed by atoms with Gasteiger partial charge in [-0.25, -0.2) is 0 Å². The van der Waals surface area contributed by atoms with E-state index in [0.717, 1.165) is 22.4 Å². The van der Waals surface area contributed by atoms with Gasteiger partial charge in [0, 0.05) is 30.3 Å². The predicted molar refractivity (Wildman–Crippen MR) is 168 cm³/mol. The fraction of sp³-hybridized carbons (Fsp3) is 0.229. The molecule has 5 rings (SSSR count). The zero-order chi connectivity index (χ0) is 31.7. The highest BCUT2D eigenvalue weighted by Crippen LogP contribution is 2.55. The Labute approximate surface area is 261 Å². The number of fused-ring (bicyclic) bond motifs is 1. The van der Waals surface area contributed by atoms with Gasteiger partial charge < -0.3 is 4.74 Å². The zero-order valence-electron chi connectivity index (χ0n) is 24.1.